The lowest BCUT2D eigenvalue weighted by atomic mass is 10.0. The van der Waals surface area contributed by atoms with E-state index in [4.69, 9.17) is 4.74 Å². The first kappa shape index (κ1) is 13.4. The predicted molar refractivity (Wildman–Crippen MR) is 67.5 cm³/mol. The minimum Gasteiger partial charge on any atom is -0.388 e. The second-order valence-electron chi connectivity index (χ2n) is 3.99. The van der Waals surface area contributed by atoms with Crippen molar-refractivity contribution in [3.05, 3.63) is 22.9 Å². The summed E-state index contributed by atoms with van der Waals surface area (Å²) in [4.78, 5) is 4.03. The van der Waals surface area contributed by atoms with Gasteiger partial charge in [0.1, 0.15) is 0 Å². The lowest BCUT2D eigenvalue weighted by Crippen LogP contribution is -2.34. The molecule has 16 heavy (non-hydrogen) atoms. The summed E-state index contributed by atoms with van der Waals surface area (Å²) >= 11 is 3.34. The number of rotatable bonds is 6. The molecule has 0 saturated carbocycles. The zero-order valence-corrected chi connectivity index (χ0v) is 11.1. The molecule has 1 unspecified atom stereocenters. The Balaban J connectivity index is 2.44. The smallest absolute Gasteiger partial charge is 0.0813 e. The van der Waals surface area contributed by atoms with Gasteiger partial charge in [-0.3, -0.25) is 4.98 Å². The largest absolute Gasteiger partial charge is 0.388 e. The van der Waals surface area contributed by atoms with Crippen LogP contribution in [0.3, 0.4) is 0 Å². The van der Waals surface area contributed by atoms with Crippen molar-refractivity contribution < 1.29 is 9.84 Å². The molecule has 90 valence electrons. The van der Waals surface area contributed by atoms with Crippen molar-refractivity contribution in [2.75, 3.05) is 25.6 Å². The van der Waals surface area contributed by atoms with E-state index in [1.807, 2.05) is 6.07 Å². The van der Waals surface area contributed by atoms with Gasteiger partial charge in [0.05, 0.1) is 17.5 Å². The minimum absolute atomic E-state index is 0.467. The summed E-state index contributed by atoms with van der Waals surface area (Å²) in [5.74, 6) is 0. The Labute approximate surface area is 104 Å². The van der Waals surface area contributed by atoms with E-state index in [2.05, 4.69) is 26.2 Å². The number of nitrogens with one attached hydrogen (secondary N) is 1. The predicted octanol–water partition coefficient (Wildman–Crippen LogP) is 2.04. The van der Waals surface area contributed by atoms with Gasteiger partial charge >= 0.3 is 0 Å². The van der Waals surface area contributed by atoms with Crippen LogP contribution in [0.1, 0.15) is 13.3 Å². The summed E-state index contributed by atoms with van der Waals surface area (Å²) in [5, 5.41) is 13.1. The second-order valence-corrected chi connectivity index (χ2v) is 4.90. The molecule has 1 aromatic heterocycles. The Morgan fingerprint density at radius 1 is 1.56 bits per heavy atom. The van der Waals surface area contributed by atoms with Crippen LogP contribution in [0.25, 0.3) is 0 Å². The third-order valence-electron chi connectivity index (χ3n) is 2.22. The number of pyridine rings is 1. The third kappa shape index (κ3) is 4.92. The van der Waals surface area contributed by atoms with Gasteiger partial charge in [0.15, 0.2) is 0 Å². The van der Waals surface area contributed by atoms with Gasteiger partial charge in [0, 0.05) is 37.4 Å². The number of hydrogen-bond donors (Lipinski definition) is 2. The summed E-state index contributed by atoms with van der Waals surface area (Å²) in [7, 11) is 1.63. The first-order valence-electron chi connectivity index (χ1n) is 5.09. The van der Waals surface area contributed by atoms with E-state index in [0.29, 0.717) is 19.6 Å². The molecule has 1 heterocycles. The fourth-order valence-corrected chi connectivity index (χ4v) is 1.58. The topological polar surface area (TPSA) is 54.4 Å². The number of methoxy groups -OCH3 is 1. The van der Waals surface area contributed by atoms with E-state index < -0.39 is 5.60 Å². The first-order chi connectivity index (χ1) is 7.53. The molecule has 0 radical (unpaired) electrons. The highest BCUT2D eigenvalue weighted by atomic mass is 79.9. The number of hydrogen-bond acceptors (Lipinski definition) is 4. The molecule has 0 aliphatic carbocycles. The number of ether oxygens (including phenoxy) is 1. The molecule has 0 fully saturated rings. The normalized spacial score (nSPS) is 14.5. The third-order valence-corrected chi connectivity index (χ3v) is 2.66. The van der Waals surface area contributed by atoms with E-state index >= 15 is 0 Å². The molecule has 0 aliphatic rings. The molecular formula is C11H17BrN2O2. The average Bonchev–Trinajstić information content (AvgIpc) is 2.24. The minimum atomic E-state index is -0.779. The fraction of sp³-hybridized carbons (Fsp3) is 0.545. The highest BCUT2D eigenvalue weighted by Gasteiger charge is 2.19. The summed E-state index contributed by atoms with van der Waals surface area (Å²) in [5.41, 5.74) is 0.102. The Hall–Kier alpha value is -0.650. The monoisotopic (exact) mass is 288 g/mol. The maximum Gasteiger partial charge on any atom is 0.0813 e. The summed E-state index contributed by atoms with van der Waals surface area (Å²) in [6.45, 7) is 2.80. The number of aromatic nitrogens is 1. The van der Waals surface area contributed by atoms with Gasteiger partial charge in [-0.2, -0.15) is 0 Å². The quantitative estimate of drug-likeness (QED) is 0.841. The van der Waals surface area contributed by atoms with Gasteiger partial charge in [0.25, 0.3) is 0 Å². The van der Waals surface area contributed by atoms with Crippen LogP contribution in [0, 0.1) is 0 Å². The molecule has 0 spiro atoms. The van der Waals surface area contributed by atoms with Crippen LogP contribution in [0.15, 0.2) is 22.9 Å². The second kappa shape index (κ2) is 6.18. The molecule has 0 saturated heterocycles. The van der Waals surface area contributed by atoms with Gasteiger partial charge in [0.2, 0.25) is 0 Å². The van der Waals surface area contributed by atoms with Gasteiger partial charge in [-0.05, 0) is 28.9 Å². The van der Waals surface area contributed by atoms with Gasteiger partial charge < -0.3 is 15.2 Å². The SMILES string of the molecule is COCCC(C)(O)CNc1cncc(Br)c1. The van der Waals surface area contributed by atoms with E-state index in [1.165, 1.54) is 0 Å². The molecule has 1 aromatic rings. The molecule has 0 amide bonds. The molecule has 4 nitrogen and oxygen atoms in total. The van der Waals surface area contributed by atoms with E-state index in [9.17, 15) is 5.11 Å². The van der Waals surface area contributed by atoms with E-state index in [-0.39, 0.29) is 0 Å². The maximum absolute atomic E-state index is 10.0. The lowest BCUT2D eigenvalue weighted by molar-refractivity contribution is 0.0357. The summed E-state index contributed by atoms with van der Waals surface area (Å²) in [6, 6.07) is 1.92. The van der Waals surface area contributed by atoms with Crippen molar-refractivity contribution in [2.24, 2.45) is 0 Å². The summed E-state index contributed by atoms with van der Waals surface area (Å²) in [6.07, 6.45) is 4.03. The Kier molecular flexibility index (Phi) is 5.18. The Morgan fingerprint density at radius 2 is 2.31 bits per heavy atom. The van der Waals surface area contributed by atoms with Gasteiger partial charge in [-0.1, -0.05) is 0 Å². The van der Waals surface area contributed by atoms with Crippen LogP contribution in [0.2, 0.25) is 0 Å². The highest BCUT2D eigenvalue weighted by Crippen LogP contribution is 2.16. The van der Waals surface area contributed by atoms with Crippen molar-refractivity contribution in [1.29, 1.82) is 0 Å². The Morgan fingerprint density at radius 3 is 2.94 bits per heavy atom. The van der Waals surface area contributed by atoms with E-state index in [0.717, 1.165) is 10.2 Å². The lowest BCUT2D eigenvalue weighted by Gasteiger charge is -2.23. The zero-order chi connectivity index (χ0) is 12.0. The van der Waals surface area contributed by atoms with Crippen molar-refractivity contribution in [2.45, 2.75) is 18.9 Å². The first-order valence-corrected chi connectivity index (χ1v) is 5.88. The fourth-order valence-electron chi connectivity index (χ4n) is 1.21. The van der Waals surface area contributed by atoms with Crippen LogP contribution >= 0.6 is 15.9 Å². The number of nitrogens with zero attached hydrogens (tertiary/aromatic N) is 1. The molecule has 2 N–H and O–H groups in total. The molecule has 0 aromatic carbocycles. The van der Waals surface area contributed by atoms with Crippen LogP contribution in [0.5, 0.6) is 0 Å². The van der Waals surface area contributed by atoms with Crippen molar-refractivity contribution in [3.8, 4) is 0 Å². The number of halogens is 1. The number of anilines is 1. The molecular weight excluding hydrogens is 272 g/mol. The van der Waals surface area contributed by atoms with Gasteiger partial charge in [-0.15, -0.1) is 0 Å². The molecule has 1 atom stereocenters. The molecule has 5 heteroatoms. The van der Waals surface area contributed by atoms with Crippen LogP contribution in [0.4, 0.5) is 5.69 Å². The summed E-state index contributed by atoms with van der Waals surface area (Å²) < 4.78 is 5.85. The Bertz CT molecular complexity index is 332. The van der Waals surface area contributed by atoms with Crippen molar-refractivity contribution >= 4 is 21.6 Å². The van der Waals surface area contributed by atoms with Crippen molar-refractivity contribution in [3.63, 3.8) is 0 Å². The zero-order valence-electron chi connectivity index (χ0n) is 9.53. The average molecular weight is 289 g/mol. The van der Waals surface area contributed by atoms with Crippen LogP contribution in [-0.2, 0) is 4.74 Å². The van der Waals surface area contributed by atoms with E-state index in [1.54, 1.807) is 26.4 Å². The number of aliphatic hydroxyl groups is 1. The highest BCUT2D eigenvalue weighted by molar-refractivity contribution is 9.10. The van der Waals surface area contributed by atoms with Crippen LogP contribution in [-0.4, -0.2) is 36.0 Å². The van der Waals surface area contributed by atoms with Gasteiger partial charge in [-0.25, -0.2) is 0 Å². The standard InChI is InChI=1S/C11H17BrN2O2/c1-11(15,3-4-16-2)8-14-10-5-9(12)6-13-7-10/h5-7,14-15H,3-4,8H2,1-2H3. The molecule has 0 aliphatic heterocycles. The van der Waals surface area contributed by atoms with Crippen LogP contribution < -0.4 is 5.32 Å². The molecule has 0 bridgehead atoms. The molecule has 1 rings (SSSR count). The maximum atomic E-state index is 10.0. The van der Waals surface area contributed by atoms with Crippen molar-refractivity contribution in [1.82, 2.24) is 4.98 Å².